The molecule has 24 heavy (non-hydrogen) atoms. The van der Waals surface area contributed by atoms with Gasteiger partial charge in [0, 0.05) is 17.1 Å². The summed E-state index contributed by atoms with van der Waals surface area (Å²) in [5.41, 5.74) is 2.80. The van der Waals surface area contributed by atoms with Crippen molar-refractivity contribution in [1.29, 1.82) is 0 Å². The third-order valence-corrected chi connectivity index (χ3v) is 3.29. The fourth-order valence-corrected chi connectivity index (χ4v) is 2.13. The number of esters is 1. The number of carbonyl (C=O) groups excluding carboxylic acids is 2. The van der Waals surface area contributed by atoms with Crippen LogP contribution in [-0.4, -0.2) is 30.8 Å². The van der Waals surface area contributed by atoms with E-state index < -0.39 is 12.1 Å². The van der Waals surface area contributed by atoms with Gasteiger partial charge in [0.1, 0.15) is 0 Å². The van der Waals surface area contributed by atoms with E-state index in [1.54, 1.807) is 24.3 Å². The number of hydrogen-bond acceptors (Lipinski definition) is 5. The van der Waals surface area contributed by atoms with Crippen molar-refractivity contribution in [3.63, 3.8) is 0 Å². The molecule has 1 N–H and O–H groups in total. The Labute approximate surface area is 140 Å². The molecule has 0 aliphatic rings. The summed E-state index contributed by atoms with van der Waals surface area (Å²) in [4.78, 5) is 27.6. The van der Waals surface area contributed by atoms with Gasteiger partial charge in [-0.15, -0.1) is 0 Å². The lowest BCUT2D eigenvalue weighted by Gasteiger charge is -2.07. The Morgan fingerprint density at radius 3 is 2.71 bits per heavy atom. The van der Waals surface area contributed by atoms with E-state index in [1.807, 2.05) is 25.1 Å². The number of pyridine rings is 1. The van der Waals surface area contributed by atoms with Crippen molar-refractivity contribution < 1.29 is 19.1 Å². The van der Waals surface area contributed by atoms with E-state index in [2.05, 4.69) is 15.0 Å². The van der Waals surface area contributed by atoms with E-state index in [4.69, 9.17) is 4.74 Å². The molecule has 0 saturated heterocycles. The van der Waals surface area contributed by atoms with Crippen LogP contribution in [0.3, 0.4) is 0 Å². The van der Waals surface area contributed by atoms with Crippen LogP contribution in [0.2, 0.25) is 0 Å². The topological polar surface area (TPSA) is 77.5 Å². The SMILES string of the molecule is COC(=O)Nc1cccc(C(=O)OCCCc2cccc(C)n2)c1. The number of benzene rings is 1. The lowest BCUT2D eigenvalue weighted by atomic mass is 10.2. The van der Waals surface area contributed by atoms with Crippen LogP contribution in [0.15, 0.2) is 42.5 Å². The van der Waals surface area contributed by atoms with Gasteiger partial charge in [-0.3, -0.25) is 10.3 Å². The molecule has 1 heterocycles. The highest BCUT2D eigenvalue weighted by Gasteiger charge is 2.09. The van der Waals surface area contributed by atoms with Gasteiger partial charge in [0.2, 0.25) is 0 Å². The van der Waals surface area contributed by atoms with Crippen molar-refractivity contribution in [2.45, 2.75) is 19.8 Å². The molecule has 0 bridgehead atoms. The van der Waals surface area contributed by atoms with Gasteiger partial charge in [-0.05, 0) is 50.1 Å². The van der Waals surface area contributed by atoms with Gasteiger partial charge in [0.25, 0.3) is 0 Å². The number of hydrogen-bond donors (Lipinski definition) is 1. The fraction of sp³-hybridized carbons (Fsp3) is 0.278. The maximum Gasteiger partial charge on any atom is 0.411 e. The summed E-state index contributed by atoms with van der Waals surface area (Å²) in [6.07, 6.45) is 0.854. The van der Waals surface area contributed by atoms with Crippen molar-refractivity contribution in [2.24, 2.45) is 0 Å². The number of aryl methyl sites for hydroxylation is 2. The lowest BCUT2D eigenvalue weighted by Crippen LogP contribution is -2.12. The number of anilines is 1. The predicted molar refractivity (Wildman–Crippen MR) is 90.0 cm³/mol. The number of rotatable bonds is 6. The van der Waals surface area contributed by atoms with Crippen LogP contribution in [0, 0.1) is 6.92 Å². The standard InChI is InChI=1S/C18H20N2O4/c1-13-6-3-8-15(19-13)10-5-11-24-17(21)14-7-4-9-16(12-14)20-18(22)23-2/h3-4,6-9,12H,5,10-11H2,1-2H3,(H,20,22). The zero-order chi connectivity index (χ0) is 17.4. The van der Waals surface area contributed by atoms with Gasteiger partial charge in [-0.1, -0.05) is 12.1 Å². The van der Waals surface area contributed by atoms with Crippen LogP contribution in [0.5, 0.6) is 0 Å². The molecule has 0 unspecified atom stereocenters. The Hall–Kier alpha value is -2.89. The molecule has 0 spiro atoms. The van der Waals surface area contributed by atoms with E-state index in [0.29, 0.717) is 24.3 Å². The Morgan fingerprint density at radius 2 is 1.96 bits per heavy atom. The maximum atomic E-state index is 12.0. The number of carbonyl (C=O) groups is 2. The quantitative estimate of drug-likeness (QED) is 0.650. The molecule has 1 aromatic carbocycles. The van der Waals surface area contributed by atoms with Crippen molar-refractivity contribution in [1.82, 2.24) is 4.98 Å². The maximum absolute atomic E-state index is 12.0. The summed E-state index contributed by atoms with van der Waals surface area (Å²) in [5.74, 6) is -0.430. The molecule has 2 rings (SSSR count). The molecule has 6 heteroatoms. The molecule has 0 saturated carbocycles. The molecule has 0 fully saturated rings. The summed E-state index contributed by atoms with van der Waals surface area (Å²) in [7, 11) is 1.27. The van der Waals surface area contributed by atoms with Crippen LogP contribution >= 0.6 is 0 Å². The van der Waals surface area contributed by atoms with Crippen LogP contribution < -0.4 is 5.32 Å². The van der Waals surface area contributed by atoms with Crippen molar-refractivity contribution in [3.05, 3.63) is 59.4 Å². The Bertz CT molecular complexity index is 716. The van der Waals surface area contributed by atoms with Gasteiger partial charge < -0.3 is 9.47 Å². The average molecular weight is 328 g/mol. The van der Waals surface area contributed by atoms with E-state index in [9.17, 15) is 9.59 Å². The van der Waals surface area contributed by atoms with Gasteiger partial charge >= 0.3 is 12.1 Å². The zero-order valence-electron chi connectivity index (χ0n) is 13.7. The first-order valence-corrected chi connectivity index (χ1v) is 7.63. The molecule has 0 atom stereocenters. The van der Waals surface area contributed by atoms with Gasteiger partial charge in [0.05, 0.1) is 19.3 Å². The minimum atomic E-state index is -0.592. The van der Waals surface area contributed by atoms with Crippen LogP contribution in [0.4, 0.5) is 10.5 Å². The molecule has 6 nitrogen and oxygen atoms in total. The van der Waals surface area contributed by atoms with E-state index in [-0.39, 0.29) is 0 Å². The molecular weight excluding hydrogens is 308 g/mol. The monoisotopic (exact) mass is 328 g/mol. The summed E-state index contributed by atoms with van der Waals surface area (Å²) < 4.78 is 9.77. The van der Waals surface area contributed by atoms with Crippen LogP contribution in [0.1, 0.15) is 28.2 Å². The number of nitrogens with zero attached hydrogens (tertiary/aromatic N) is 1. The van der Waals surface area contributed by atoms with Gasteiger partial charge in [0.15, 0.2) is 0 Å². The van der Waals surface area contributed by atoms with Crippen molar-refractivity contribution in [3.8, 4) is 0 Å². The highest BCUT2D eigenvalue weighted by atomic mass is 16.5. The highest BCUT2D eigenvalue weighted by molar-refractivity contribution is 5.92. The zero-order valence-corrected chi connectivity index (χ0v) is 13.7. The number of ether oxygens (including phenoxy) is 2. The predicted octanol–water partition coefficient (Wildman–Crippen LogP) is 3.36. The molecular formula is C18H20N2O4. The van der Waals surface area contributed by atoms with Crippen LogP contribution in [-0.2, 0) is 15.9 Å². The number of methoxy groups -OCH3 is 1. The third kappa shape index (κ3) is 5.39. The molecule has 1 amide bonds. The van der Waals surface area contributed by atoms with Crippen molar-refractivity contribution in [2.75, 3.05) is 19.0 Å². The number of amides is 1. The van der Waals surface area contributed by atoms with Gasteiger partial charge in [-0.25, -0.2) is 9.59 Å². The number of nitrogens with one attached hydrogen (secondary N) is 1. The highest BCUT2D eigenvalue weighted by Crippen LogP contribution is 2.12. The molecule has 0 aliphatic heterocycles. The molecule has 0 aliphatic carbocycles. The average Bonchev–Trinajstić information content (AvgIpc) is 2.58. The summed E-state index contributed by atoms with van der Waals surface area (Å²) >= 11 is 0. The fourth-order valence-electron chi connectivity index (χ4n) is 2.13. The second-order valence-corrected chi connectivity index (χ2v) is 5.21. The Balaban J connectivity index is 1.82. The second kappa shape index (κ2) is 8.67. The summed E-state index contributed by atoms with van der Waals surface area (Å²) in [6, 6.07) is 12.4. The molecule has 2 aromatic rings. The first-order chi connectivity index (χ1) is 11.6. The normalized spacial score (nSPS) is 10.1. The molecule has 1 aromatic heterocycles. The largest absolute Gasteiger partial charge is 0.462 e. The lowest BCUT2D eigenvalue weighted by molar-refractivity contribution is 0.0500. The molecule has 126 valence electrons. The minimum Gasteiger partial charge on any atom is -0.462 e. The Kier molecular flexibility index (Phi) is 6.31. The molecule has 0 radical (unpaired) electrons. The smallest absolute Gasteiger partial charge is 0.411 e. The van der Waals surface area contributed by atoms with Gasteiger partial charge in [-0.2, -0.15) is 0 Å². The van der Waals surface area contributed by atoms with E-state index in [1.165, 1.54) is 7.11 Å². The number of aromatic nitrogens is 1. The first-order valence-electron chi connectivity index (χ1n) is 7.63. The van der Waals surface area contributed by atoms with Crippen molar-refractivity contribution >= 4 is 17.7 Å². The second-order valence-electron chi connectivity index (χ2n) is 5.21. The van der Waals surface area contributed by atoms with E-state index in [0.717, 1.165) is 17.8 Å². The van der Waals surface area contributed by atoms with E-state index >= 15 is 0 Å². The first kappa shape index (κ1) is 17.5. The Morgan fingerprint density at radius 1 is 1.17 bits per heavy atom. The summed E-state index contributed by atoms with van der Waals surface area (Å²) in [6.45, 7) is 2.25. The van der Waals surface area contributed by atoms with Crippen LogP contribution in [0.25, 0.3) is 0 Å². The minimum absolute atomic E-state index is 0.309. The summed E-state index contributed by atoms with van der Waals surface area (Å²) in [5, 5.41) is 2.50. The third-order valence-electron chi connectivity index (χ3n) is 3.29.